The molecule has 0 aliphatic heterocycles. The molecular formula is C14H20N4S. The second-order valence-corrected chi connectivity index (χ2v) is 6.24. The van der Waals surface area contributed by atoms with Gasteiger partial charge in [0.25, 0.3) is 0 Å². The predicted octanol–water partition coefficient (Wildman–Crippen LogP) is 2.39. The van der Waals surface area contributed by atoms with Gasteiger partial charge >= 0.3 is 0 Å². The lowest BCUT2D eigenvalue weighted by molar-refractivity contribution is 0.455. The summed E-state index contributed by atoms with van der Waals surface area (Å²) in [6.07, 6.45) is 6.67. The first kappa shape index (κ1) is 12.8. The van der Waals surface area contributed by atoms with Crippen LogP contribution in [0.5, 0.6) is 0 Å². The zero-order valence-electron chi connectivity index (χ0n) is 11.5. The maximum Gasteiger partial charge on any atom is 0.0897 e. The fraction of sp³-hybridized carbons (Fsp3) is 0.571. The normalized spacial score (nSPS) is 18.5. The molecule has 0 spiro atoms. The standard InChI is InChI=1S/C14H20N4S/c1-10-17-11(9-19-10)6-7-15-13-4-3-5-14-12(13)8-16-18(14)2/h8-9,13,15H,3-7H2,1-2H3. The first-order chi connectivity index (χ1) is 9.24. The number of thiazole rings is 1. The topological polar surface area (TPSA) is 42.7 Å². The molecule has 5 heteroatoms. The van der Waals surface area contributed by atoms with Gasteiger partial charge in [-0.3, -0.25) is 4.68 Å². The van der Waals surface area contributed by atoms with Crippen molar-refractivity contribution in [3.05, 3.63) is 33.5 Å². The molecule has 4 nitrogen and oxygen atoms in total. The molecule has 19 heavy (non-hydrogen) atoms. The lowest BCUT2D eigenvalue weighted by Crippen LogP contribution is -2.27. The van der Waals surface area contributed by atoms with Crippen LogP contribution in [0.2, 0.25) is 0 Å². The Morgan fingerprint density at radius 3 is 3.21 bits per heavy atom. The van der Waals surface area contributed by atoms with E-state index in [0.29, 0.717) is 6.04 Å². The van der Waals surface area contributed by atoms with Crippen LogP contribution in [-0.2, 0) is 19.9 Å². The van der Waals surface area contributed by atoms with Gasteiger partial charge in [-0.2, -0.15) is 5.10 Å². The minimum atomic E-state index is 0.470. The molecule has 3 rings (SSSR count). The summed E-state index contributed by atoms with van der Waals surface area (Å²) in [5, 5.41) is 11.4. The minimum Gasteiger partial charge on any atom is -0.309 e. The first-order valence-corrected chi connectivity index (χ1v) is 7.77. The van der Waals surface area contributed by atoms with E-state index >= 15 is 0 Å². The third kappa shape index (κ3) is 2.72. The largest absolute Gasteiger partial charge is 0.309 e. The van der Waals surface area contributed by atoms with Crippen LogP contribution in [0.15, 0.2) is 11.6 Å². The Morgan fingerprint density at radius 2 is 2.42 bits per heavy atom. The van der Waals surface area contributed by atoms with E-state index in [4.69, 9.17) is 0 Å². The van der Waals surface area contributed by atoms with Gasteiger partial charge in [0, 0.05) is 42.7 Å². The number of rotatable bonds is 4. The molecule has 1 aliphatic carbocycles. The zero-order chi connectivity index (χ0) is 13.2. The van der Waals surface area contributed by atoms with Crippen LogP contribution in [0.3, 0.4) is 0 Å². The Kier molecular flexibility index (Phi) is 3.66. The maximum atomic E-state index is 4.50. The van der Waals surface area contributed by atoms with E-state index < -0.39 is 0 Å². The van der Waals surface area contributed by atoms with Gasteiger partial charge in [0.05, 0.1) is 16.9 Å². The third-order valence-electron chi connectivity index (χ3n) is 3.81. The lowest BCUT2D eigenvalue weighted by atomic mass is 9.93. The zero-order valence-corrected chi connectivity index (χ0v) is 12.3. The summed E-state index contributed by atoms with van der Waals surface area (Å²) >= 11 is 1.73. The van der Waals surface area contributed by atoms with Crippen LogP contribution in [-0.4, -0.2) is 21.3 Å². The van der Waals surface area contributed by atoms with Crippen molar-refractivity contribution < 1.29 is 0 Å². The van der Waals surface area contributed by atoms with E-state index in [9.17, 15) is 0 Å². The number of aryl methyl sites for hydroxylation is 2. The van der Waals surface area contributed by atoms with Crippen molar-refractivity contribution in [2.75, 3.05) is 6.54 Å². The number of nitrogens with one attached hydrogen (secondary N) is 1. The molecule has 0 bridgehead atoms. The number of hydrogen-bond donors (Lipinski definition) is 1. The van der Waals surface area contributed by atoms with Gasteiger partial charge < -0.3 is 5.32 Å². The van der Waals surface area contributed by atoms with Gasteiger partial charge in [-0.1, -0.05) is 0 Å². The van der Waals surface area contributed by atoms with Crippen LogP contribution >= 0.6 is 11.3 Å². The van der Waals surface area contributed by atoms with E-state index in [0.717, 1.165) is 24.4 Å². The van der Waals surface area contributed by atoms with E-state index in [1.54, 1.807) is 11.3 Å². The summed E-state index contributed by atoms with van der Waals surface area (Å²) in [6, 6.07) is 0.470. The summed E-state index contributed by atoms with van der Waals surface area (Å²) in [4.78, 5) is 4.50. The van der Waals surface area contributed by atoms with E-state index in [1.165, 1.54) is 29.8 Å². The maximum absolute atomic E-state index is 4.50. The highest BCUT2D eigenvalue weighted by Crippen LogP contribution is 2.28. The number of aromatic nitrogens is 3. The van der Waals surface area contributed by atoms with Crippen molar-refractivity contribution in [3.63, 3.8) is 0 Å². The van der Waals surface area contributed by atoms with E-state index in [1.807, 2.05) is 17.9 Å². The third-order valence-corrected chi connectivity index (χ3v) is 4.64. The van der Waals surface area contributed by atoms with Crippen molar-refractivity contribution in [1.29, 1.82) is 0 Å². The van der Waals surface area contributed by atoms with Crippen LogP contribution in [0.1, 0.15) is 40.8 Å². The Hall–Kier alpha value is -1.20. The molecule has 0 radical (unpaired) electrons. The molecule has 0 saturated carbocycles. The van der Waals surface area contributed by atoms with Gasteiger partial charge in [-0.25, -0.2) is 4.98 Å². The molecule has 2 heterocycles. The van der Waals surface area contributed by atoms with Crippen molar-refractivity contribution in [3.8, 4) is 0 Å². The molecule has 102 valence electrons. The molecule has 0 saturated heterocycles. The van der Waals surface area contributed by atoms with Gasteiger partial charge in [0.1, 0.15) is 0 Å². The SMILES string of the molecule is Cc1nc(CCNC2CCCc3c2cnn3C)cs1. The Morgan fingerprint density at radius 1 is 1.53 bits per heavy atom. The smallest absolute Gasteiger partial charge is 0.0897 e. The van der Waals surface area contributed by atoms with Crippen LogP contribution < -0.4 is 5.32 Å². The van der Waals surface area contributed by atoms with Gasteiger partial charge in [-0.15, -0.1) is 11.3 Å². The molecule has 1 atom stereocenters. The second kappa shape index (κ2) is 5.43. The monoisotopic (exact) mass is 276 g/mol. The predicted molar refractivity (Wildman–Crippen MR) is 77.4 cm³/mol. The molecular weight excluding hydrogens is 256 g/mol. The summed E-state index contributed by atoms with van der Waals surface area (Å²) in [5.41, 5.74) is 3.99. The average molecular weight is 276 g/mol. The lowest BCUT2D eigenvalue weighted by Gasteiger charge is -2.23. The van der Waals surface area contributed by atoms with Crippen molar-refractivity contribution in [1.82, 2.24) is 20.1 Å². The molecule has 0 fully saturated rings. The quantitative estimate of drug-likeness (QED) is 0.932. The van der Waals surface area contributed by atoms with Crippen molar-refractivity contribution >= 4 is 11.3 Å². The molecule has 1 aliphatic rings. The molecule has 0 aromatic carbocycles. The number of nitrogens with zero attached hydrogens (tertiary/aromatic N) is 3. The summed E-state index contributed by atoms with van der Waals surface area (Å²) < 4.78 is 2.02. The van der Waals surface area contributed by atoms with Gasteiger partial charge in [-0.05, 0) is 26.2 Å². The van der Waals surface area contributed by atoms with E-state index in [-0.39, 0.29) is 0 Å². The average Bonchev–Trinajstić information content (AvgIpc) is 2.98. The number of fused-ring (bicyclic) bond motifs is 1. The second-order valence-electron chi connectivity index (χ2n) is 5.18. The van der Waals surface area contributed by atoms with Crippen LogP contribution in [0.25, 0.3) is 0 Å². The Labute approximate surface area is 117 Å². The van der Waals surface area contributed by atoms with Crippen molar-refractivity contribution in [2.24, 2.45) is 7.05 Å². The van der Waals surface area contributed by atoms with Gasteiger partial charge in [0.15, 0.2) is 0 Å². The van der Waals surface area contributed by atoms with Crippen molar-refractivity contribution in [2.45, 2.75) is 38.6 Å². The highest BCUT2D eigenvalue weighted by atomic mass is 32.1. The van der Waals surface area contributed by atoms with Crippen LogP contribution in [0.4, 0.5) is 0 Å². The van der Waals surface area contributed by atoms with Gasteiger partial charge in [0.2, 0.25) is 0 Å². The highest BCUT2D eigenvalue weighted by molar-refractivity contribution is 7.09. The van der Waals surface area contributed by atoms with E-state index in [2.05, 4.69) is 27.7 Å². The Balaban J connectivity index is 1.59. The number of hydrogen-bond acceptors (Lipinski definition) is 4. The molecule has 2 aromatic rings. The molecule has 0 amide bonds. The van der Waals surface area contributed by atoms with Crippen LogP contribution in [0, 0.1) is 6.92 Å². The first-order valence-electron chi connectivity index (χ1n) is 6.89. The molecule has 1 unspecified atom stereocenters. The summed E-state index contributed by atoms with van der Waals surface area (Å²) in [7, 11) is 2.04. The highest BCUT2D eigenvalue weighted by Gasteiger charge is 2.22. The fourth-order valence-corrected chi connectivity index (χ4v) is 3.46. The molecule has 1 N–H and O–H groups in total. The minimum absolute atomic E-state index is 0.470. The summed E-state index contributed by atoms with van der Waals surface area (Å²) in [5.74, 6) is 0. The Bertz CT molecular complexity index is 558. The fourth-order valence-electron chi connectivity index (χ4n) is 2.82. The summed E-state index contributed by atoms with van der Waals surface area (Å²) in [6.45, 7) is 3.05. The molecule has 2 aromatic heterocycles.